The van der Waals surface area contributed by atoms with E-state index >= 15 is 0 Å². The van der Waals surface area contributed by atoms with E-state index in [0.29, 0.717) is 6.42 Å². The molecule has 0 radical (unpaired) electrons. The van der Waals surface area contributed by atoms with Crippen LogP contribution in [0.4, 0.5) is 4.79 Å². The summed E-state index contributed by atoms with van der Waals surface area (Å²) in [5.41, 5.74) is 1.12. The highest BCUT2D eigenvalue weighted by atomic mass is 32.2. The van der Waals surface area contributed by atoms with Crippen LogP contribution in [0.1, 0.15) is 30.5 Å². The number of thioether (sulfide) groups is 1. The lowest BCUT2D eigenvalue weighted by Crippen LogP contribution is -2.46. The molecule has 5 heteroatoms. The molecule has 0 aliphatic heterocycles. The molecule has 2 aromatic rings. The second-order valence-electron chi connectivity index (χ2n) is 6.32. The van der Waals surface area contributed by atoms with Gasteiger partial charge in [0.1, 0.15) is 0 Å². The first-order valence-electron chi connectivity index (χ1n) is 8.37. The van der Waals surface area contributed by atoms with Gasteiger partial charge in [0.25, 0.3) is 0 Å². The Bertz CT molecular complexity index is 608. The van der Waals surface area contributed by atoms with Crippen molar-refractivity contribution in [3.63, 3.8) is 0 Å². The minimum atomic E-state index is -0.907. The molecule has 2 aromatic carbocycles. The predicted octanol–water partition coefficient (Wildman–Crippen LogP) is 3.58. The lowest BCUT2D eigenvalue weighted by Gasteiger charge is -2.25. The highest BCUT2D eigenvalue weighted by molar-refractivity contribution is 7.98. The number of rotatable bonds is 8. The predicted molar refractivity (Wildman–Crippen MR) is 105 cm³/mol. The Balaban J connectivity index is 2.03. The van der Waals surface area contributed by atoms with E-state index in [1.54, 1.807) is 18.7 Å². The molecule has 0 aromatic heterocycles. The lowest BCUT2D eigenvalue weighted by atomic mass is 9.99. The van der Waals surface area contributed by atoms with Crippen molar-refractivity contribution in [2.24, 2.45) is 0 Å². The summed E-state index contributed by atoms with van der Waals surface area (Å²) >= 11 is 1.68. The quantitative estimate of drug-likeness (QED) is 0.676. The highest BCUT2D eigenvalue weighted by Gasteiger charge is 2.22. The molecule has 0 unspecified atom stereocenters. The third kappa shape index (κ3) is 6.44. The van der Waals surface area contributed by atoms with Gasteiger partial charge in [-0.15, -0.1) is 0 Å². The number of carbonyl (C=O) groups excluding carboxylic acids is 1. The normalized spacial score (nSPS) is 13.3. The van der Waals surface area contributed by atoms with Gasteiger partial charge >= 0.3 is 6.03 Å². The average Bonchev–Trinajstić information content (AvgIpc) is 2.64. The third-order valence-electron chi connectivity index (χ3n) is 4.02. The lowest BCUT2D eigenvalue weighted by molar-refractivity contribution is 0.0593. The zero-order chi connectivity index (χ0) is 18.1. The monoisotopic (exact) mass is 358 g/mol. The van der Waals surface area contributed by atoms with E-state index in [1.165, 1.54) is 0 Å². The molecule has 0 bridgehead atoms. The molecule has 3 N–H and O–H groups in total. The van der Waals surface area contributed by atoms with Crippen molar-refractivity contribution in [1.29, 1.82) is 0 Å². The molecule has 134 valence electrons. The van der Waals surface area contributed by atoms with E-state index in [0.717, 1.165) is 16.9 Å². The van der Waals surface area contributed by atoms with Crippen LogP contribution in [0, 0.1) is 0 Å². The van der Waals surface area contributed by atoms with Crippen LogP contribution in [-0.4, -0.2) is 35.3 Å². The van der Waals surface area contributed by atoms with Crippen LogP contribution in [0.5, 0.6) is 0 Å². The molecule has 0 aliphatic carbocycles. The van der Waals surface area contributed by atoms with Crippen LogP contribution < -0.4 is 10.6 Å². The van der Waals surface area contributed by atoms with Crippen LogP contribution in [0.25, 0.3) is 0 Å². The SMILES string of the molecule is CSCC[C@](C)(O)CNC(=O)NC(c1ccccc1)c1ccccc1. The molecule has 2 amide bonds. The molecule has 0 fully saturated rings. The van der Waals surface area contributed by atoms with Crippen molar-refractivity contribution in [2.75, 3.05) is 18.6 Å². The molecule has 25 heavy (non-hydrogen) atoms. The first-order valence-corrected chi connectivity index (χ1v) is 9.77. The van der Waals surface area contributed by atoms with E-state index in [1.807, 2.05) is 66.9 Å². The summed E-state index contributed by atoms with van der Waals surface area (Å²) in [7, 11) is 0. The summed E-state index contributed by atoms with van der Waals surface area (Å²) in [6.07, 6.45) is 2.63. The zero-order valence-electron chi connectivity index (χ0n) is 14.7. The fourth-order valence-corrected chi connectivity index (χ4v) is 3.16. The molecule has 1 atom stereocenters. The van der Waals surface area contributed by atoms with Crippen LogP contribution in [-0.2, 0) is 0 Å². The van der Waals surface area contributed by atoms with Crippen LogP contribution >= 0.6 is 11.8 Å². The topological polar surface area (TPSA) is 61.4 Å². The smallest absolute Gasteiger partial charge is 0.315 e. The average molecular weight is 359 g/mol. The van der Waals surface area contributed by atoms with Crippen molar-refractivity contribution >= 4 is 17.8 Å². The summed E-state index contributed by atoms with van der Waals surface area (Å²) in [5, 5.41) is 16.1. The van der Waals surface area contributed by atoms with Gasteiger partial charge in [-0.3, -0.25) is 0 Å². The van der Waals surface area contributed by atoms with Crippen molar-refractivity contribution in [3.05, 3.63) is 71.8 Å². The van der Waals surface area contributed by atoms with Gasteiger partial charge in [-0.05, 0) is 36.5 Å². The van der Waals surface area contributed by atoms with Gasteiger partial charge in [0.2, 0.25) is 0 Å². The first kappa shape index (κ1) is 19.3. The number of carbonyl (C=O) groups is 1. The second-order valence-corrected chi connectivity index (χ2v) is 7.31. The molecular weight excluding hydrogens is 332 g/mol. The molecule has 0 saturated carbocycles. The van der Waals surface area contributed by atoms with Gasteiger partial charge < -0.3 is 15.7 Å². The molecule has 4 nitrogen and oxygen atoms in total. The Kier molecular flexibility index (Phi) is 7.34. The van der Waals surface area contributed by atoms with Crippen LogP contribution in [0.15, 0.2) is 60.7 Å². The van der Waals surface area contributed by atoms with Crippen molar-refractivity contribution in [3.8, 4) is 0 Å². The summed E-state index contributed by atoms with van der Waals surface area (Å²) in [5.74, 6) is 0.854. The minimum absolute atomic E-state index is 0.218. The van der Waals surface area contributed by atoms with E-state index in [9.17, 15) is 9.90 Å². The Labute approximate surface area is 154 Å². The Morgan fingerprint density at radius 3 is 2.08 bits per heavy atom. The van der Waals surface area contributed by atoms with Crippen molar-refractivity contribution in [2.45, 2.75) is 25.0 Å². The Morgan fingerprint density at radius 1 is 1.08 bits per heavy atom. The molecule has 0 aliphatic rings. The summed E-state index contributed by atoms with van der Waals surface area (Å²) in [6.45, 7) is 1.96. The van der Waals surface area contributed by atoms with Gasteiger partial charge in [0.05, 0.1) is 11.6 Å². The fourth-order valence-electron chi connectivity index (χ4n) is 2.51. The van der Waals surface area contributed by atoms with Gasteiger partial charge in [0.15, 0.2) is 0 Å². The van der Waals surface area contributed by atoms with Crippen LogP contribution in [0.3, 0.4) is 0 Å². The maximum absolute atomic E-state index is 12.4. The number of hydrogen-bond acceptors (Lipinski definition) is 3. The van der Waals surface area contributed by atoms with E-state index in [-0.39, 0.29) is 18.6 Å². The standard InChI is InChI=1S/C20H26N2O2S/c1-20(24,13-14-25-2)15-21-19(23)22-18(16-9-5-3-6-10-16)17-11-7-4-8-12-17/h3-12,18,24H,13-15H2,1-2H3,(H2,21,22,23)/t20-/m0/s1. The molecule has 0 saturated heterocycles. The maximum atomic E-state index is 12.4. The van der Waals surface area contributed by atoms with Crippen molar-refractivity contribution in [1.82, 2.24) is 10.6 Å². The van der Waals surface area contributed by atoms with E-state index in [2.05, 4.69) is 10.6 Å². The van der Waals surface area contributed by atoms with E-state index in [4.69, 9.17) is 0 Å². The van der Waals surface area contributed by atoms with Crippen molar-refractivity contribution < 1.29 is 9.90 Å². The Morgan fingerprint density at radius 2 is 1.60 bits per heavy atom. The summed E-state index contributed by atoms with van der Waals surface area (Å²) < 4.78 is 0. The minimum Gasteiger partial charge on any atom is -0.388 e. The number of hydrogen-bond donors (Lipinski definition) is 3. The third-order valence-corrected chi connectivity index (χ3v) is 4.63. The zero-order valence-corrected chi connectivity index (χ0v) is 15.6. The fraction of sp³-hybridized carbons (Fsp3) is 0.350. The highest BCUT2D eigenvalue weighted by Crippen LogP contribution is 2.21. The summed E-state index contributed by atoms with van der Waals surface area (Å²) in [4.78, 5) is 12.4. The van der Waals surface area contributed by atoms with Gasteiger partial charge in [-0.25, -0.2) is 4.79 Å². The first-order chi connectivity index (χ1) is 12.0. The number of amides is 2. The molecule has 0 heterocycles. The van der Waals surface area contributed by atoms with E-state index < -0.39 is 5.60 Å². The summed E-state index contributed by atoms with van der Waals surface area (Å²) in [6, 6.07) is 19.2. The maximum Gasteiger partial charge on any atom is 0.315 e. The Hall–Kier alpha value is -1.98. The van der Waals surface area contributed by atoms with Gasteiger partial charge in [-0.1, -0.05) is 60.7 Å². The molecular formula is C20H26N2O2S. The molecule has 0 spiro atoms. The number of benzene rings is 2. The van der Waals surface area contributed by atoms with Gasteiger partial charge in [-0.2, -0.15) is 11.8 Å². The number of urea groups is 1. The number of nitrogens with one attached hydrogen (secondary N) is 2. The largest absolute Gasteiger partial charge is 0.388 e. The number of aliphatic hydroxyl groups is 1. The second kappa shape index (κ2) is 9.49. The van der Waals surface area contributed by atoms with Gasteiger partial charge in [0, 0.05) is 6.54 Å². The molecule has 2 rings (SSSR count). The van der Waals surface area contributed by atoms with Crippen LogP contribution in [0.2, 0.25) is 0 Å².